The van der Waals surface area contributed by atoms with Gasteiger partial charge in [0.05, 0.1) is 0 Å². The first-order valence-corrected chi connectivity index (χ1v) is 8.60. The van der Waals surface area contributed by atoms with E-state index in [2.05, 4.69) is 113 Å². The van der Waals surface area contributed by atoms with Crippen LogP contribution in [0.5, 0.6) is 0 Å². The van der Waals surface area contributed by atoms with Gasteiger partial charge in [0.15, 0.2) is 18.9 Å². The standard InChI is InChI=1S/C23H21N2/c1-3-7-20(8-4-1)17-24-14-11-22(12-15-24)23-13-16-25(19-23)18-21-9-5-2-6-10-21/h1-16,19H,17-18H2/q+1. The third kappa shape index (κ3) is 3.86. The lowest BCUT2D eigenvalue weighted by molar-refractivity contribution is -0.688. The van der Waals surface area contributed by atoms with Crippen LogP contribution < -0.4 is 4.57 Å². The number of rotatable bonds is 5. The van der Waals surface area contributed by atoms with Crippen molar-refractivity contribution in [3.63, 3.8) is 0 Å². The molecular weight excluding hydrogens is 304 g/mol. The quantitative estimate of drug-likeness (QED) is 0.476. The fourth-order valence-corrected chi connectivity index (χ4v) is 3.05. The summed E-state index contributed by atoms with van der Waals surface area (Å²) in [5, 5.41) is 0. The van der Waals surface area contributed by atoms with Crippen LogP contribution in [0.3, 0.4) is 0 Å². The molecule has 2 heteroatoms. The van der Waals surface area contributed by atoms with Crippen LogP contribution in [0.1, 0.15) is 11.1 Å². The Morgan fingerprint density at radius 2 is 1.28 bits per heavy atom. The molecule has 2 aromatic carbocycles. The maximum absolute atomic E-state index is 2.23. The molecule has 2 aromatic heterocycles. The molecule has 2 heterocycles. The van der Waals surface area contributed by atoms with E-state index in [0.29, 0.717) is 0 Å². The van der Waals surface area contributed by atoms with E-state index in [0.717, 1.165) is 13.1 Å². The third-order valence-electron chi connectivity index (χ3n) is 4.39. The van der Waals surface area contributed by atoms with Crippen molar-refractivity contribution in [2.45, 2.75) is 13.1 Å². The summed E-state index contributed by atoms with van der Waals surface area (Å²) in [6.07, 6.45) is 8.66. The van der Waals surface area contributed by atoms with Gasteiger partial charge in [-0.3, -0.25) is 0 Å². The van der Waals surface area contributed by atoms with Crippen molar-refractivity contribution in [2.75, 3.05) is 0 Å². The first-order valence-electron chi connectivity index (χ1n) is 8.60. The molecule has 0 amide bonds. The molecule has 0 N–H and O–H groups in total. The molecule has 0 aliphatic rings. The van der Waals surface area contributed by atoms with Crippen LogP contribution in [0, 0.1) is 0 Å². The third-order valence-corrected chi connectivity index (χ3v) is 4.39. The van der Waals surface area contributed by atoms with Crippen LogP contribution in [0.2, 0.25) is 0 Å². The summed E-state index contributed by atoms with van der Waals surface area (Å²) in [7, 11) is 0. The van der Waals surface area contributed by atoms with Gasteiger partial charge in [-0.2, -0.15) is 0 Å². The van der Waals surface area contributed by atoms with Crippen molar-refractivity contribution in [1.29, 1.82) is 0 Å². The molecule has 122 valence electrons. The van der Waals surface area contributed by atoms with E-state index in [9.17, 15) is 0 Å². The molecule has 0 saturated heterocycles. The molecule has 0 fully saturated rings. The highest BCUT2D eigenvalue weighted by molar-refractivity contribution is 5.61. The lowest BCUT2D eigenvalue weighted by Gasteiger charge is -2.03. The van der Waals surface area contributed by atoms with Crippen molar-refractivity contribution in [1.82, 2.24) is 4.57 Å². The molecule has 0 bridgehead atoms. The lowest BCUT2D eigenvalue weighted by atomic mass is 10.1. The molecule has 0 radical (unpaired) electrons. The Morgan fingerprint density at radius 3 is 1.96 bits per heavy atom. The zero-order valence-corrected chi connectivity index (χ0v) is 14.1. The van der Waals surface area contributed by atoms with Gasteiger partial charge in [-0.25, -0.2) is 4.57 Å². The maximum atomic E-state index is 2.23. The highest BCUT2D eigenvalue weighted by Gasteiger charge is 2.05. The number of hydrogen-bond donors (Lipinski definition) is 0. The SMILES string of the molecule is c1ccc(Cn2ccc(-c3cc[n+](Cc4ccccc4)cc3)c2)cc1. The molecule has 0 atom stereocenters. The van der Waals surface area contributed by atoms with Crippen molar-refractivity contribution in [2.24, 2.45) is 0 Å². The van der Waals surface area contributed by atoms with Crippen LogP contribution >= 0.6 is 0 Å². The summed E-state index contributed by atoms with van der Waals surface area (Å²) >= 11 is 0. The van der Waals surface area contributed by atoms with Crippen LogP contribution in [-0.2, 0) is 13.1 Å². The van der Waals surface area contributed by atoms with Crippen LogP contribution in [0.25, 0.3) is 11.1 Å². The summed E-state index contributed by atoms with van der Waals surface area (Å²) in [5.74, 6) is 0. The molecule has 0 unspecified atom stereocenters. The Hall–Kier alpha value is -3.13. The van der Waals surface area contributed by atoms with E-state index in [1.54, 1.807) is 0 Å². The Balaban J connectivity index is 1.47. The van der Waals surface area contributed by atoms with E-state index in [4.69, 9.17) is 0 Å². The lowest BCUT2D eigenvalue weighted by Crippen LogP contribution is -2.32. The smallest absolute Gasteiger partial charge is 0.173 e. The van der Waals surface area contributed by atoms with Crippen molar-refractivity contribution in [3.8, 4) is 11.1 Å². The zero-order valence-electron chi connectivity index (χ0n) is 14.1. The first kappa shape index (κ1) is 15.4. The molecule has 4 aromatic rings. The molecule has 0 spiro atoms. The predicted molar refractivity (Wildman–Crippen MR) is 101 cm³/mol. The van der Waals surface area contributed by atoms with Crippen molar-refractivity contribution < 1.29 is 4.57 Å². The Labute approximate surface area is 148 Å². The van der Waals surface area contributed by atoms with E-state index in [1.165, 1.54) is 22.3 Å². The first-order chi connectivity index (χ1) is 12.4. The van der Waals surface area contributed by atoms with Gasteiger partial charge in [0, 0.05) is 36.6 Å². The molecule has 0 saturated carbocycles. The summed E-state index contributed by atoms with van der Waals surface area (Å²) in [4.78, 5) is 0. The number of benzene rings is 2. The van der Waals surface area contributed by atoms with Gasteiger partial charge >= 0.3 is 0 Å². The average Bonchev–Trinajstić information content (AvgIpc) is 3.12. The van der Waals surface area contributed by atoms with Gasteiger partial charge < -0.3 is 4.57 Å². The number of aromatic nitrogens is 2. The van der Waals surface area contributed by atoms with Gasteiger partial charge in [0.2, 0.25) is 0 Å². The summed E-state index contributed by atoms with van der Waals surface area (Å²) in [6, 6.07) is 27.6. The fraction of sp³-hybridized carbons (Fsp3) is 0.0870. The van der Waals surface area contributed by atoms with Gasteiger partial charge in [-0.15, -0.1) is 0 Å². The second kappa shape index (κ2) is 7.18. The maximum Gasteiger partial charge on any atom is 0.173 e. The summed E-state index contributed by atoms with van der Waals surface area (Å²) in [6.45, 7) is 1.80. The van der Waals surface area contributed by atoms with E-state index >= 15 is 0 Å². The van der Waals surface area contributed by atoms with Gasteiger partial charge in [-0.1, -0.05) is 60.7 Å². The average molecular weight is 325 g/mol. The molecule has 25 heavy (non-hydrogen) atoms. The number of pyridine rings is 1. The van der Waals surface area contributed by atoms with Gasteiger partial charge in [-0.05, 0) is 22.8 Å². The minimum Gasteiger partial charge on any atom is -0.349 e. The van der Waals surface area contributed by atoms with E-state index in [-0.39, 0.29) is 0 Å². The highest BCUT2D eigenvalue weighted by Crippen LogP contribution is 2.19. The largest absolute Gasteiger partial charge is 0.349 e. The van der Waals surface area contributed by atoms with E-state index in [1.807, 2.05) is 0 Å². The van der Waals surface area contributed by atoms with Crippen LogP contribution in [0.4, 0.5) is 0 Å². The molecule has 0 aliphatic heterocycles. The summed E-state index contributed by atoms with van der Waals surface area (Å²) in [5.41, 5.74) is 5.13. The molecule has 2 nitrogen and oxygen atoms in total. The number of nitrogens with zero attached hydrogens (tertiary/aromatic N) is 2. The Bertz CT molecular complexity index is 923. The molecular formula is C23H21N2+. The monoisotopic (exact) mass is 325 g/mol. The van der Waals surface area contributed by atoms with Gasteiger partial charge in [0.1, 0.15) is 0 Å². The minimum atomic E-state index is 0.899. The minimum absolute atomic E-state index is 0.899. The van der Waals surface area contributed by atoms with Crippen molar-refractivity contribution in [3.05, 3.63) is 115 Å². The second-order valence-electron chi connectivity index (χ2n) is 6.30. The van der Waals surface area contributed by atoms with Gasteiger partial charge in [0.25, 0.3) is 0 Å². The van der Waals surface area contributed by atoms with Crippen molar-refractivity contribution >= 4 is 0 Å². The highest BCUT2D eigenvalue weighted by atomic mass is 14.9. The summed E-state index contributed by atoms with van der Waals surface area (Å²) < 4.78 is 4.44. The topological polar surface area (TPSA) is 8.81 Å². The Morgan fingerprint density at radius 1 is 0.640 bits per heavy atom. The predicted octanol–water partition coefficient (Wildman–Crippen LogP) is 4.54. The fourth-order valence-electron chi connectivity index (χ4n) is 3.05. The van der Waals surface area contributed by atoms with Crippen LogP contribution in [0.15, 0.2) is 104 Å². The zero-order chi connectivity index (χ0) is 16.9. The number of hydrogen-bond acceptors (Lipinski definition) is 0. The Kier molecular flexibility index (Phi) is 4.42. The molecule has 0 aliphatic carbocycles. The molecule has 4 rings (SSSR count). The van der Waals surface area contributed by atoms with Crippen LogP contribution in [-0.4, -0.2) is 4.57 Å². The second-order valence-corrected chi connectivity index (χ2v) is 6.30. The van der Waals surface area contributed by atoms with E-state index < -0.39 is 0 Å². The normalized spacial score (nSPS) is 10.7.